The summed E-state index contributed by atoms with van der Waals surface area (Å²) in [5.41, 5.74) is 1.09. The van der Waals surface area contributed by atoms with Gasteiger partial charge in [-0.25, -0.2) is 9.59 Å². The fourth-order valence-corrected chi connectivity index (χ4v) is 2.57. The van der Waals surface area contributed by atoms with Gasteiger partial charge in [0.1, 0.15) is 0 Å². The van der Waals surface area contributed by atoms with Crippen molar-refractivity contribution >= 4 is 17.9 Å². The fraction of sp³-hybridized carbons (Fsp3) is 0.429. The minimum atomic E-state index is -0.517. The van der Waals surface area contributed by atoms with E-state index in [-0.39, 0.29) is 0 Å². The molecule has 0 saturated heterocycles. The molecule has 1 fully saturated rings. The number of hydrogen-bond donors (Lipinski definition) is 1. The molecule has 1 aliphatic rings. The average molecular weight is 260 g/mol. The van der Waals surface area contributed by atoms with E-state index in [1.54, 1.807) is 12.1 Å². The molecule has 0 bridgehead atoms. The Morgan fingerprint density at radius 1 is 1.42 bits per heavy atom. The molecule has 0 atom stereocenters. The lowest BCUT2D eigenvalue weighted by Crippen LogP contribution is -2.19. The lowest BCUT2D eigenvalue weighted by molar-refractivity contribution is 0.187. The summed E-state index contributed by atoms with van der Waals surface area (Å²) >= 11 is 0. The lowest BCUT2D eigenvalue weighted by Gasteiger charge is -2.23. The average Bonchev–Trinajstić information content (AvgIpc) is 2.89. The van der Waals surface area contributed by atoms with E-state index in [1.165, 1.54) is 7.11 Å². The fourth-order valence-electron chi connectivity index (χ4n) is 2.57. The lowest BCUT2D eigenvalue weighted by atomic mass is 9.89. The predicted octanol–water partition coefficient (Wildman–Crippen LogP) is 2.97. The maximum Gasteiger partial charge on any atom is 0.411 e. The molecule has 1 saturated carbocycles. The molecule has 0 aliphatic heterocycles. The van der Waals surface area contributed by atoms with Gasteiger partial charge in [0.15, 0.2) is 0 Å². The Morgan fingerprint density at radius 3 is 2.79 bits per heavy atom. The van der Waals surface area contributed by atoms with Gasteiger partial charge in [0.05, 0.1) is 12.6 Å². The highest BCUT2D eigenvalue weighted by molar-refractivity contribution is 5.84. The summed E-state index contributed by atoms with van der Waals surface area (Å²) in [6.07, 6.45) is 4.92. The molecule has 0 radical (unpaired) electrons. The van der Waals surface area contributed by atoms with Crippen LogP contribution in [-0.4, -0.2) is 19.3 Å². The Balaban J connectivity index is 2.31. The second-order valence-electron chi connectivity index (χ2n) is 4.64. The van der Waals surface area contributed by atoms with Crippen LogP contribution in [0, 0.1) is 0 Å². The van der Waals surface area contributed by atoms with E-state index in [0.29, 0.717) is 5.69 Å². The Labute approximate surface area is 111 Å². The number of anilines is 1. The van der Waals surface area contributed by atoms with Crippen molar-refractivity contribution in [2.75, 3.05) is 12.4 Å². The van der Waals surface area contributed by atoms with Crippen molar-refractivity contribution in [1.29, 1.82) is 0 Å². The third-order valence-electron chi connectivity index (χ3n) is 3.52. The molecule has 1 amide bonds. The molecule has 0 unspecified atom stereocenters. The number of nitrogens with zero attached hydrogens (tertiary/aromatic N) is 1. The summed E-state index contributed by atoms with van der Waals surface area (Å²) < 4.78 is 4.56. The quantitative estimate of drug-likeness (QED) is 0.671. The second kappa shape index (κ2) is 5.67. The first-order chi connectivity index (χ1) is 9.20. The maximum atomic E-state index is 11.2. The van der Waals surface area contributed by atoms with E-state index in [9.17, 15) is 9.59 Å². The Kier molecular flexibility index (Phi) is 3.97. The molecule has 0 aromatic heterocycles. The smallest absolute Gasteiger partial charge is 0.411 e. The number of hydrogen-bond acceptors (Lipinski definition) is 4. The highest BCUT2D eigenvalue weighted by Crippen LogP contribution is 2.42. The molecular weight excluding hydrogens is 244 g/mol. The highest BCUT2D eigenvalue weighted by atomic mass is 16.5. The first kappa shape index (κ1) is 13.3. The number of amides is 1. The van der Waals surface area contributed by atoms with Crippen molar-refractivity contribution in [3.63, 3.8) is 0 Å². The summed E-state index contributed by atoms with van der Waals surface area (Å²) in [6, 6.07) is 7.37. The Bertz CT molecular complexity index is 515. The van der Waals surface area contributed by atoms with Gasteiger partial charge in [-0.3, -0.25) is 5.32 Å². The van der Waals surface area contributed by atoms with E-state index in [4.69, 9.17) is 0 Å². The zero-order valence-electron chi connectivity index (χ0n) is 10.8. The van der Waals surface area contributed by atoms with Crippen LogP contribution in [0.4, 0.5) is 10.5 Å². The van der Waals surface area contributed by atoms with Crippen molar-refractivity contribution in [1.82, 2.24) is 0 Å². The van der Waals surface area contributed by atoms with Crippen LogP contribution >= 0.6 is 0 Å². The number of benzene rings is 1. The zero-order valence-corrected chi connectivity index (χ0v) is 10.8. The van der Waals surface area contributed by atoms with Crippen molar-refractivity contribution < 1.29 is 14.3 Å². The molecule has 0 heterocycles. The molecule has 1 N–H and O–H groups in total. The Hall–Kier alpha value is -2.13. The number of rotatable bonds is 3. The summed E-state index contributed by atoms with van der Waals surface area (Å²) in [5.74, 6) is 0. The van der Waals surface area contributed by atoms with Gasteiger partial charge in [0.2, 0.25) is 6.08 Å². The minimum Gasteiger partial charge on any atom is -0.453 e. The van der Waals surface area contributed by atoms with Gasteiger partial charge in [-0.15, -0.1) is 0 Å². The summed E-state index contributed by atoms with van der Waals surface area (Å²) in [6.45, 7) is 0. The second-order valence-corrected chi connectivity index (χ2v) is 4.64. The first-order valence-corrected chi connectivity index (χ1v) is 6.25. The SMILES string of the molecule is COC(=O)Nc1cccc(C2(N=C=O)CCCC2)c1. The third kappa shape index (κ3) is 2.83. The number of isocyanates is 1. The van der Waals surface area contributed by atoms with E-state index in [0.717, 1.165) is 31.2 Å². The number of aliphatic imine (C=N–C) groups is 1. The molecule has 2 rings (SSSR count). The number of methoxy groups -OCH3 is 1. The van der Waals surface area contributed by atoms with Gasteiger partial charge in [-0.2, -0.15) is 4.99 Å². The minimum absolute atomic E-state index is 0.477. The zero-order chi connectivity index (χ0) is 13.7. The number of carbonyl (C=O) groups is 1. The van der Waals surface area contributed by atoms with Crippen LogP contribution in [0.5, 0.6) is 0 Å². The molecular formula is C14H16N2O3. The van der Waals surface area contributed by atoms with Crippen LogP contribution < -0.4 is 5.32 Å². The van der Waals surface area contributed by atoms with Gasteiger partial charge in [0.25, 0.3) is 0 Å². The molecule has 1 aromatic rings. The normalized spacial score (nSPS) is 16.5. The van der Waals surface area contributed by atoms with Crippen LogP contribution in [0.1, 0.15) is 31.2 Å². The van der Waals surface area contributed by atoms with E-state index < -0.39 is 11.6 Å². The topological polar surface area (TPSA) is 67.8 Å². The number of nitrogens with one attached hydrogen (secondary N) is 1. The van der Waals surface area contributed by atoms with Gasteiger partial charge >= 0.3 is 6.09 Å². The van der Waals surface area contributed by atoms with Crippen LogP contribution in [0.25, 0.3) is 0 Å². The maximum absolute atomic E-state index is 11.2. The molecule has 5 heteroatoms. The number of carbonyl (C=O) groups excluding carboxylic acids is 2. The first-order valence-electron chi connectivity index (χ1n) is 6.25. The molecule has 0 spiro atoms. The summed E-state index contributed by atoms with van der Waals surface area (Å²) in [7, 11) is 1.31. The van der Waals surface area contributed by atoms with Crippen molar-refractivity contribution in [3.8, 4) is 0 Å². The standard InChI is InChI=1S/C14H16N2O3/c1-19-13(18)16-12-6-4-5-11(9-12)14(15-10-17)7-2-3-8-14/h4-6,9H,2-3,7-8H2,1H3,(H,16,18). The molecule has 1 aromatic carbocycles. The Morgan fingerprint density at radius 2 is 2.16 bits per heavy atom. The van der Waals surface area contributed by atoms with E-state index in [1.807, 2.05) is 18.2 Å². The highest BCUT2D eigenvalue weighted by Gasteiger charge is 2.35. The van der Waals surface area contributed by atoms with Crippen molar-refractivity contribution in [2.24, 2.45) is 4.99 Å². The van der Waals surface area contributed by atoms with Crippen LogP contribution in [0.2, 0.25) is 0 Å². The molecule has 100 valence electrons. The predicted molar refractivity (Wildman–Crippen MR) is 70.7 cm³/mol. The van der Waals surface area contributed by atoms with E-state index >= 15 is 0 Å². The monoisotopic (exact) mass is 260 g/mol. The van der Waals surface area contributed by atoms with Gasteiger partial charge in [0, 0.05) is 5.69 Å². The van der Waals surface area contributed by atoms with Crippen LogP contribution in [0.15, 0.2) is 29.3 Å². The molecule has 19 heavy (non-hydrogen) atoms. The van der Waals surface area contributed by atoms with Crippen LogP contribution in [0.3, 0.4) is 0 Å². The van der Waals surface area contributed by atoms with Gasteiger partial charge in [-0.05, 0) is 30.5 Å². The summed E-state index contributed by atoms with van der Waals surface area (Å²) in [4.78, 5) is 25.9. The van der Waals surface area contributed by atoms with Crippen LogP contribution in [-0.2, 0) is 15.1 Å². The van der Waals surface area contributed by atoms with Gasteiger partial charge in [-0.1, -0.05) is 25.0 Å². The molecule has 5 nitrogen and oxygen atoms in total. The van der Waals surface area contributed by atoms with Crippen molar-refractivity contribution in [3.05, 3.63) is 29.8 Å². The van der Waals surface area contributed by atoms with E-state index in [2.05, 4.69) is 15.0 Å². The molecule has 1 aliphatic carbocycles. The summed E-state index contributed by atoms with van der Waals surface area (Å²) in [5, 5.41) is 2.61. The largest absolute Gasteiger partial charge is 0.453 e. The van der Waals surface area contributed by atoms with Gasteiger partial charge < -0.3 is 4.74 Å². The number of ether oxygens (including phenoxy) is 1. The third-order valence-corrected chi connectivity index (χ3v) is 3.52. The van der Waals surface area contributed by atoms with Crippen molar-refractivity contribution in [2.45, 2.75) is 31.2 Å².